The first-order valence-electron chi connectivity index (χ1n) is 7.25. The van der Waals surface area contributed by atoms with Crippen molar-refractivity contribution in [3.05, 3.63) is 70.1 Å². The molecule has 0 aromatic heterocycles. The van der Waals surface area contributed by atoms with Gasteiger partial charge < -0.3 is 5.32 Å². The van der Waals surface area contributed by atoms with E-state index in [9.17, 15) is 14.0 Å². The Balaban J connectivity index is 2.12. The molecule has 0 atom stereocenters. The number of imide groups is 1. The molecular weight excluding hydrogens is 331 g/mol. The summed E-state index contributed by atoms with van der Waals surface area (Å²) in [6.45, 7) is 1.81. The summed E-state index contributed by atoms with van der Waals surface area (Å²) in [5.41, 5.74) is 2.23. The third-order valence-corrected chi connectivity index (χ3v) is 4.36. The Morgan fingerprint density at radius 1 is 1.04 bits per heavy atom. The molecule has 2 aromatic carbocycles. The molecule has 1 aliphatic heterocycles. The van der Waals surface area contributed by atoms with E-state index < -0.39 is 17.6 Å². The van der Waals surface area contributed by atoms with Crippen LogP contribution in [-0.4, -0.2) is 23.8 Å². The van der Waals surface area contributed by atoms with Crippen LogP contribution in [0.5, 0.6) is 0 Å². The van der Waals surface area contributed by atoms with Crippen LogP contribution in [0.15, 0.2) is 48.2 Å². The van der Waals surface area contributed by atoms with Gasteiger partial charge in [-0.3, -0.25) is 14.5 Å². The molecule has 1 heterocycles. The fraction of sp³-hybridized carbons (Fsp3) is 0.111. The normalized spacial score (nSPS) is 14.6. The Hall–Kier alpha value is -2.66. The number of carbonyl (C=O) groups is 2. The number of hydrogen-bond donors (Lipinski definition) is 1. The summed E-state index contributed by atoms with van der Waals surface area (Å²) in [6, 6.07) is 10.7. The van der Waals surface area contributed by atoms with Gasteiger partial charge in [0.2, 0.25) is 0 Å². The quantitative estimate of drug-likeness (QED) is 0.865. The predicted octanol–water partition coefficient (Wildman–Crippen LogP) is 3.61. The van der Waals surface area contributed by atoms with Crippen LogP contribution in [0.4, 0.5) is 10.1 Å². The molecule has 1 aliphatic rings. The number of benzene rings is 2. The van der Waals surface area contributed by atoms with Crippen molar-refractivity contribution in [2.24, 2.45) is 0 Å². The van der Waals surface area contributed by atoms with Gasteiger partial charge in [0.25, 0.3) is 11.8 Å². The maximum atomic E-state index is 13.2. The van der Waals surface area contributed by atoms with Gasteiger partial charge in [-0.25, -0.2) is 4.39 Å². The lowest BCUT2D eigenvalue weighted by atomic mass is 10.0. The van der Waals surface area contributed by atoms with Gasteiger partial charge in [-0.2, -0.15) is 0 Å². The van der Waals surface area contributed by atoms with E-state index in [1.165, 1.54) is 31.3 Å². The fourth-order valence-corrected chi connectivity index (χ4v) is 2.69. The molecule has 24 heavy (non-hydrogen) atoms. The van der Waals surface area contributed by atoms with Crippen molar-refractivity contribution >= 4 is 34.7 Å². The van der Waals surface area contributed by atoms with Crippen LogP contribution < -0.4 is 5.32 Å². The van der Waals surface area contributed by atoms with E-state index in [0.29, 0.717) is 16.3 Å². The number of halogens is 2. The molecule has 0 unspecified atom stereocenters. The Labute approximate surface area is 143 Å². The fourth-order valence-electron chi connectivity index (χ4n) is 2.52. The molecule has 0 bridgehead atoms. The van der Waals surface area contributed by atoms with Gasteiger partial charge in [0, 0.05) is 17.8 Å². The standard InChI is InChI=1S/C18H14ClFN2O2/c1-10-13(19)4-3-5-14(10)21-16-15(17(23)22(2)18(16)24)11-6-8-12(20)9-7-11/h3-9,21H,1-2H3. The van der Waals surface area contributed by atoms with Gasteiger partial charge in [-0.1, -0.05) is 29.8 Å². The highest BCUT2D eigenvalue weighted by Crippen LogP contribution is 2.31. The molecule has 122 valence electrons. The first-order chi connectivity index (χ1) is 11.4. The van der Waals surface area contributed by atoms with E-state index in [-0.39, 0.29) is 11.3 Å². The lowest BCUT2D eigenvalue weighted by Crippen LogP contribution is -2.28. The van der Waals surface area contributed by atoms with E-state index in [1.807, 2.05) is 6.92 Å². The average molecular weight is 345 g/mol. The monoisotopic (exact) mass is 344 g/mol. The summed E-state index contributed by atoms with van der Waals surface area (Å²) in [4.78, 5) is 25.9. The van der Waals surface area contributed by atoms with Crippen LogP contribution in [-0.2, 0) is 9.59 Å². The maximum absolute atomic E-state index is 13.2. The highest BCUT2D eigenvalue weighted by molar-refractivity contribution is 6.36. The molecule has 0 spiro atoms. The second-order valence-electron chi connectivity index (χ2n) is 5.46. The molecule has 2 amide bonds. The molecule has 0 radical (unpaired) electrons. The lowest BCUT2D eigenvalue weighted by molar-refractivity contribution is -0.135. The number of amides is 2. The number of nitrogens with zero attached hydrogens (tertiary/aromatic N) is 1. The number of carbonyl (C=O) groups excluding carboxylic acids is 2. The third kappa shape index (κ3) is 2.67. The van der Waals surface area contributed by atoms with E-state index in [1.54, 1.807) is 18.2 Å². The molecule has 3 rings (SSSR count). The second-order valence-corrected chi connectivity index (χ2v) is 5.87. The van der Waals surface area contributed by atoms with Crippen LogP contribution in [0.25, 0.3) is 5.57 Å². The smallest absolute Gasteiger partial charge is 0.277 e. The van der Waals surface area contributed by atoms with Crippen molar-refractivity contribution in [2.45, 2.75) is 6.92 Å². The van der Waals surface area contributed by atoms with Crippen molar-refractivity contribution in [3.8, 4) is 0 Å². The van der Waals surface area contributed by atoms with Gasteiger partial charge >= 0.3 is 0 Å². The molecule has 0 saturated carbocycles. The minimum absolute atomic E-state index is 0.152. The van der Waals surface area contributed by atoms with Crippen LogP contribution in [0.1, 0.15) is 11.1 Å². The predicted molar refractivity (Wildman–Crippen MR) is 90.9 cm³/mol. The molecule has 0 aliphatic carbocycles. The van der Waals surface area contributed by atoms with Crippen LogP contribution in [0.3, 0.4) is 0 Å². The number of hydrogen-bond acceptors (Lipinski definition) is 3. The molecular formula is C18H14ClFN2O2. The second kappa shape index (κ2) is 6.09. The molecule has 6 heteroatoms. The number of rotatable bonds is 3. The van der Waals surface area contributed by atoms with Crippen LogP contribution in [0, 0.1) is 12.7 Å². The zero-order chi connectivity index (χ0) is 17.4. The minimum atomic E-state index is -0.446. The minimum Gasteiger partial charge on any atom is -0.350 e. The summed E-state index contributed by atoms with van der Waals surface area (Å²) in [7, 11) is 1.41. The zero-order valence-corrected chi connectivity index (χ0v) is 13.8. The SMILES string of the molecule is Cc1c(Cl)cccc1NC1=C(c2ccc(F)cc2)C(=O)N(C)C1=O. The summed E-state index contributed by atoms with van der Waals surface area (Å²) >= 11 is 6.10. The molecule has 0 saturated heterocycles. The van der Waals surface area contributed by atoms with Gasteiger partial charge in [-0.15, -0.1) is 0 Å². The van der Waals surface area contributed by atoms with Gasteiger partial charge in [0.15, 0.2) is 0 Å². The Morgan fingerprint density at radius 2 is 1.71 bits per heavy atom. The average Bonchev–Trinajstić information content (AvgIpc) is 2.77. The van der Waals surface area contributed by atoms with Crippen molar-refractivity contribution < 1.29 is 14.0 Å². The summed E-state index contributed by atoms with van der Waals surface area (Å²) in [5.74, 6) is -1.29. The van der Waals surface area contributed by atoms with Gasteiger partial charge in [0.05, 0.1) is 5.57 Å². The summed E-state index contributed by atoms with van der Waals surface area (Å²) in [6.07, 6.45) is 0. The topological polar surface area (TPSA) is 49.4 Å². The third-order valence-electron chi connectivity index (χ3n) is 3.95. The highest BCUT2D eigenvalue weighted by atomic mass is 35.5. The molecule has 0 fully saturated rings. The van der Waals surface area contributed by atoms with Crippen LogP contribution >= 0.6 is 11.6 Å². The van der Waals surface area contributed by atoms with Gasteiger partial charge in [0.1, 0.15) is 11.5 Å². The van der Waals surface area contributed by atoms with Crippen molar-refractivity contribution in [3.63, 3.8) is 0 Å². The lowest BCUT2D eigenvalue weighted by Gasteiger charge is -2.12. The summed E-state index contributed by atoms with van der Waals surface area (Å²) < 4.78 is 13.2. The number of nitrogens with one attached hydrogen (secondary N) is 1. The zero-order valence-electron chi connectivity index (χ0n) is 13.1. The van der Waals surface area contributed by atoms with E-state index in [4.69, 9.17) is 11.6 Å². The Morgan fingerprint density at radius 3 is 2.38 bits per heavy atom. The molecule has 2 aromatic rings. The van der Waals surface area contributed by atoms with Gasteiger partial charge in [-0.05, 0) is 42.3 Å². The number of likely N-dealkylation sites (N-methyl/N-ethyl adjacent to an activating group) is 1. The van der Waals surface area contributed by atoms with E-state index >= 15 is 0 Å². The Kier molecular flexibility index (Phi) is 4.11. The first kappa shape index (κ1) is 16.2. The molecule has 4 nitrogen and oxygen atoms in total. The Bertz CT molecular complexity index is 875. The highest BCUT2D eigenvalue weighted by Gasteiger charge is 2.36. The first-order valence-corrected chi connectivity index (χ1v) is 7.62. The summed E-state index contributed by atoms with van der Waals surface area (Å²) in [5, 5.41) is 3.56. The number of anilines is 1. The molecule has 1 N–H and O–H groups in total. The van der Waals surface area contributed by atoms with E-state index in [0.717, 1.165) is 10.5 Å². The van der Waals surface area contributed by atoms with Crippen molar-refractivity contribution in [2.75, 3.05) is 12.4 Å². The van der Waals surface area contributed by atoms with Crippen LogP contribution in [0.2, 0.25) is 5.02 Å². The van der Waals surface area contributed by atoms with Crippen molar-refractivity contribution in [1.29, 1.82) is 0 Å². The maximum Gasteiger partial charge on any atom is 0.277 e. The van der Waals surface area contributed by atoms with Crippen molar-refractivity contribution in [1.82, 2.24) is 4.90 Å². The largest absolute Gasteiger partial charge is 0.350 e. The van der Waals surface area contributed by atoms with E-state index in [2.05, 4.69) is 5.32 Å².